The zero-order chi connectivity index (χ0) is 14.0. The van der Waals surface area contributed by atoms with E-state index in [0.29, 0.717) is 13.3 Å². The van der Waals surface area contributed by atoms with Crippen LogP contribution in [-0.4, -0.2) is 32.1 Å². The fourth-order valence-electron chi connectivity index (χ4n) is 2.78. The molecule has 0 bridgehead atoms. The molecule has 1 saturated heterocycles. The van der Waals surface area contributed by atoms with Crippen LogP contribution in [0.15, 0.2) is 18.2 Å². The van der Waals surface area contributed by atoms with Gasteiger partial charge in [-0.25, -0.2) is 0 Å². The second kappa shape index (κ2) is 5.60. The highest BCUT2D eigenvalue weighted by molar-refractivity contribution is 5.45. The van der Waals surface area contributed by atoms with E-state index in [1.165, 1.54) is 0 Å². The van der Waals surface area contributed by atoms with Crippen LogP contribution in [-0.2, 0) is 4.74 Å². The molecule has 0 amide bonds. The smallest absolute Gasteiger partial charge is 0.231 e. The van der Waals surface area contributed by atoms with E-state index in [9.17, 15) is 0 Å². The Bertz CT molecular complexity index is 472. The Balaban J connectivity index is 1.67. The number of ether oxygens (including phenoxy) is 3. The monoisotopic (exact) mass is 278 g/mol. The average molecular weight is 278 g/mol. The molecule has 3 N–H and O–H groups in total. The van der Waals surface area contributed by atoms with Crippen molar-refractivity contribution in [2.45, 2.75) is 31.4 Å². The van der Waals surface area contributed by atoms with Gasteiger partial charge in [-0.2, -0.15) is 0 Å². The summed E-state index contributed by atoms with van der Waals surface area (Å²) in [5.41, 5.74) is 6.96. The Kier molecular flexibility index (Phi) is 3.83. The summed E-state index contributed by atoms with van der Waals surface area (Å²) in [6.07, 6.45) is 2.23. The zero-order valence-corrected chi connectivity index (χ0v) is 11.9. The molecule has 2 atom stereocenters. The van der Waals surface area contributed by atoms with Gasteiger partial charge in [0.2, 0.25) is 6.79 Å². The molecule has 5 nitrogen and oxygen atoms in total. The third-order valence-corrected chi connectivity index (χ3v) is 4.06. The quantitative estimate of drug-likeness (QED) is 0.856. The van der Waals surface area contributed by atoms with Crippen molar-refractivity contribution >= 4 is 0 Å². The molecule has 0 radical (unpaired) electrons. The minimum atomic E-state index is -0.0657. The van der Waals surface area contributed by atoms with Crippen LogP contribution >= 0.6 is 0 Å². The summed E-state index contributed by atoms with van der Waals surface area (Å²) in [6, 6.07) is 6.08. The van der Waals surface area contributed by atoms with Gasteiger partial charge in [0.15, 0.2) is 11.5 Å². The molecule has 1 aromatic carbocycles. The summed E-state index contributed by atoms with van der Waals surface area (Å²) < 4.78 is 16.5. The minimum absolute atomic E-state index is 0.0657. The molecule has 0 aliphatic carbocycles. The van der Waals surface area contributed by atoms with E-state index in [2.05, 4.69) is 12.2 Å². The van der Waals surface area contributed by atoms with E-state index >= 15 is 0 Å². The van der Waals surface area contributed by atoms with Gasteiger partial charge in [-0.3, -0.25) is 0 Å². The Hall–Kier alpha value is -1.30. The molecule has 110 valence electrons. The molecule has 2 aliphatic rings. The molecule has 0 spiro atoms. The molecule has 0 aromatic heterocycles. The first kappa shape index (κ1) is 13.7. The summed E-state index contributed by atoms with van der Waals surface area (Å²) >= 11 is 0. The van der Waals surface area contributed by atoms with Gasteiger partial charge in [-0.15, -0.1) is 0 Å². The third-order valence-electron chi connectivity index (χ3n) is 4.06. The van der Waals surface area contributed by atoms with Gasteiger partial charge in [0.05, 0.1) is 5.60 Å². The lowest BCUT2D eigenvalue weighted by molar-refractivity contribution is 0.0189. The van der Waals surface area contributed by atoms with Crippen molar-refractivity contribution in [3.8, 4) is 11.5 Å². The highest BCUT2D eigenvalue weighted by Crippen LogP contribution is 2.34. The highest BCUT2D eigenvalue weighted by Gasteiger charge is 2.30. The summed E-state index contributed by atoms with van der Waals surface area (Å²) in [5.74, 6) is 1.60. The van der Waals surface area contributed by atoms with Gasteiger partial charge < -0.3 is 25.3 Å². The number of rotatable bonds is 5. The van der Waals surface area contributed by atoms with Crippen LogP contribution in [0.2, 0.25) is 0 Å². The predicted molar refractivity (Wildman–Crippen MR) is 76.0 cm³/mol. The van der Waals surface area contributed by atoms with Crippen molar-refractivity contribution in [3.05, 3.63) is 23.8 Å². The summed E-state index contributed by atoms with van der Waals surface area (Å²) in [4.78, 5) is 0. The second-order valence-corrected chi connectivity index (χ2v) is 5.68. The number of benzene rings is 1. The molecule has 1 aromatic rings. The molecule has 3 rings (SSSR count). The van der Waals surface area contributed by atoms with Gasteiger partial charge in [-0.1, -0.05) is 6.07 Å². The first-order valence-corrected chi connectivity index (χ1v) is 7.17. The normalized spacial score (nSPS) is 25.9. The predicted octanol–water partition coefficient (Wildman–Crippen LogP) is 1.57. The van der Waals surface area contributed by atoms with E-state index in [0.717, 1.165) is 43.1 Å². The molecule has 2 heterocycles. The Morgan fingerprint density at radius 1 is 1.35 bits per heavy atom. The molecule has 5 heteroatoms. The van der Waals surface area contributed by atoms with Crippen molar-refractivity contribution in [1.29, 1.82) is 0 Å². The highest BCUT2D eigenvalue weighted by atomic mass is 16.7. The maximum absolute atomic E-state index is 5.90. The van der Waals surface area contributed by atoms with Crippen LogP contribution < -0.4 is 20.5 Å². The SMILES string of the molecule is CC1(CNC(CN)c2ccc3c(c2)OCO3)CCCO1. The first-order chi connectivity index (χ1) is 9.70. The number of hydrogen-bond donors (Lipinski definition) is 2. The van der Waals surface area contributed by atoms with E-state index in [4.69, 9.17) is 19.9 Å². The Labute approximate surface area is 119 Å². The fraction of sp³-hybridized carbons (Fsp3) is 0.600. The van der Waals surface area contributed by atoms with Gasteiger partial charge in [0, 0.05) is 25.7 Å². The van der Waals surface area contributed by atoms with E-state index in [1.807, 2.05) is 18.2 Å². The minimum Gasteiger partial charge on any atom is -0.454 e. The van der Waals surface area contributed by atoms with Crippen LogP contribution in [0.1, 0.15) is 31.4 Å². The number of hydrogen-bond acceptors (Lipinski definition) is 5. The van der Waals surface area contributed by atoms with E-state index < -0.39 is 0 Å². The van der Waals surface area contributed by atoms with Crippen LogP contribution in [0, 0.1) is 0 Å². The molecular formula is C15H22N2O3. The van der Waals surface area contributed by atoms with Crippen molar-refractivity contribution in [1.82, 2.24) is 5.32 Å². The lowest BCUT2D eigenvalue weighted by atomic mass is 10.0. The van der Waals surface area contributed by atoms with Crippen molar-refractivity contribution < 1.29 is 14.2 Å². The van der Waals surface area contributed by atoms with Crippen molar-refractivity contribution in [2.75, 3.05) is 26.5 Å². The zero-order valence-electron chi connectivity index (χ0n) is 11.9. The number of nitrogens with one attached hydrogen (secondary N) is 1. The van der Waals surface area contributed by atoms with E-state index in [-0.39, 0.29) is 11.6 Å². The lowest BCUT2D eigenvalue weighted by Crippen LogP contribution is -2.40. The third kappa shape index (κ3) is 2.75. The molecule has 2 aliphatic heterocycles. The largest absolute Gasteiger partial charge is 0.454 e. The van der Waals surface area contributed by atoms with Gasteiger partial charge in [-0.05, 0) is 37.5 Å². The number of fused-ring (bicyclic) bond motifs is 1. The molecule has 1 fully saturated rings. The average Bonchev–Trinajstić information content (AvgIpc) is 3.08. The molecule has 20 heavy (non-hydrogen) atoms. The van der Waals surface area contributed by atoms with Crippen LogP contribution in [0.25, 0.3) is 0 Å². The Morgan fingerprint density at radius 2 is 2.20 bits per heavy atom. The summed E-state index contributed by atoms with van der Waals surface area (Å²) in [7, 11) is 0. The van der Waals surface area contributed by atoms with Crippen molar-refractivity contribution in [2.24, 2.45) is 5.73 Å². The molecular weight excluding hydrogens is 256 g/mol. The van der Waals surface area contributed by atoms with Gasteiger partial charge >= 0.3 is 0 Å². The first-order valence-electron chi connectivity index (χ1n) is 7.17. The summed E-state index contributed by atoms with van der Waals surface area (Å²) in [6.45, 7) is 4.65. The van der Waals surface area contributed by atoms with Gasteiger partial charge in [0.25, 0.3) is 0 Å². The lowest BCUT2D eigenvalue weighted by Gasteiger charge is -2.27. The van der Waals surface area contributed by atoms with Crippen molar-refractivity contribution in [3.63, 3.8) is 0 Å². The van der Waals surface area contributed by atoms with Gasteiger partial charge in [0.1, 0.15) is 0 Å². The standard InChI is InChI=1S/C15H22N2O3/c1-15(5-2-6-20-15)9-17-12(8-16)11-3-4-13-14(7-11)19-10-18-13/h3-4,7,12,17H,2,5-6,8-10,16H2,1H3. The maximum atomic E-state index is 5.90. The Morgan fingerprint density at radius 3 is 2.95 bits per heavy atom. The maximum Gasteiger partial charge on any atom is 0.231 e. The fourth-order valence-corrected chi connectivity index (χ4v) is 2.78. The topological polar surface area (TPSA) is 65.7 Å². The van der Waals surface area contributed by atoms with E-state index in [1.54, 1.807) is 0 Å². The number of nitrogens with two attached hydrogens (primary N) is 1. The van der Waals surface area contributed by atoms with Crippen LogP contribution in [0.5, 0.6) is 11.5 Å². The second-order valence-electron chi connectivity index (χ2n) is 5.68. The molecule has 0 saturated carbocycles. The summed E-state index contributed by atoms with van der Waals surface area (Å²) in [5, 5.41) is 3.51. The van der Waals surface area contributed by atoms with Crippen LogP contribution in [0.4, 0.5) is 0 Å². The molecule has 2 unspecified atom stereocenters. The van der Waals surface area contributed by atoms with Crippen LogP contribution in [0.3, 0.4) is 0 Å².